The number of nitrogens with zero attached hydrogens (tertiary/aromatic N) is 5. The minimum absolute atomic E-state index is 0.0267. The van der Waals surface area contributed by atoms with E-state index in [1.165, 1.54) is 15.3 Å². The molecule has 190 valence electrons. The van der Waals surface area contributed by atoms with Crippen LogP contribution in [-0.4, -0.2) is 94.1 Å². The van der Waals surface area contributed by atoms with Crippen LogP contribution in [0.15, 0.2) is 11.1 Å². The number of aromatic nitrogens is 5. The molecule has 15 heteroatoms. The third kappa shape index (κ3) is 4.01. The molecule has 0 aliphatic carbocycles. The Labute approximate surface area is 197 Å². The van der Waals surface area contributed by atoms with Gasteiger partial charge in [-0.2, -0.15) is 0 Å². The van der Waals surface area contributed by atoms with Gasteiger partial charge in [-0.15, -0.1) is 0 Å². The number of nitrogens with one attached hydrogen (secondary N) is 1. The predicted octanol–water partition coefficient (Wildman–Crippen LogP) is -1.96. The molecule has 1 unspecified atom stereocenters. The zero-order chi connectivity index (χ0) is 25.6. The summed E-state index contributed by atoms with van der Waals surface area (Å²) < 4.78 is 14.3. The molecule has 4 rings (SSSR count). The first-order valence-corrected chi connectivity index (χ1v) is 10.7. The van der Waals surface area contributed by atoms with E-state index < -0.39 is 54.8 Å². The number of ether oxygens (including phenoxy) is 2. The van der Waals surface area contributed by atoms with Crippen LogP contribution in [0.2, 0.25) is 0 Å². The molecule has 1 saturated heterocycles. The molecule has 0 radical (unpaired) electrons. The van der Waals surface area contributed by atoms with Crippen LogP contribution in [0.4, 0.5) is 4.79 Å². The van der Waals surface area contributed by atoms with Crippen molar-refractivity contribution in [1.29, 1.82) is 0 Å². The quantitative estimate of drug-likeness (QED) is 0.244. The fourth-order valence-electron chi connectivity index (χ4n) is 4.35. The van der Waals surface area contributed by atoms with Crippen molar-refractivity contribution in [2.75, 3.05) is 13.7 Å². The minimum atomic E-state index is -1.37. The standard InChI is InChI=1S/C20H26N6O9/c1-8-10(5-4-9(18(31)32)23-20(33)34-3)26-16(30)12-15(24(2)19(26)22-8)25(7-21-12)17-14(29)13(28)11(6-27)35-17/h7,9,11,13-14,17,27-29H,4-6H2,1-3H3,(H,23,33)(H,31,32)/t9?,11-,13-,14-,17-/m1/s1. The predicted molar refractivity (Wildman–Crippen MR) is 117 cm³/mol. The van der Waals surface area contributed by atoms with Gasteiger partial charge in [-0.3, -0.25) is 13.9 Å². The van der Waals surface area contributed by atoms with Gasteiger partial charge in [0.05, 0.1) is 31.4 Å². The highest BCUT2D eigenvalue weighted by molar-refractivity contribution is 5.79. The fourth-order valence-corrected chi connectivity index (χ4v) is 4.35. The number of aliphatic hydroxyl groups excluding tert-OH is 3. The third-order valence-corrected chi connectivity index (χ3v) is 6.18. The number of imidazole rings is 2. The number of aryl methyl sites for hydroxylation is 3. The molecule has 4 heterocycles. The molecule has 3 aromatic rings. The van der Waals surface area contributed by atoms with Crippen molar-refractivity contribution < 1.29 is 39.5 Å². The Morgan fingerprint density at radius 2 is 2.03 bits per heavy atom. The van der Waals surface area contributed by atoms with Crippen molar-refractivity contribution in [3.05, 3.63) is 28.1 Å². The second kappa shape index (κ2) is 9.26. The van der Waals surface area contributed by atoms with Crippen molar-refractivity contribution in [3.8, 4) is 0 Å². The molecule has 15 nitrogen and oxygen atoms in total. The number of rotatable bonds is 7. The average molecular weight is 494 g/mol. The van der Waals surface area contributed by atoms with Gasteiger partial charge < -0.3 is 35.2 Å². The van der Waals surface area contributed by atoms with E-state index in [9.17, 15) is 34.8 Å². The van der Waals surface area contributed by atoms with Crippen LogP contribution in [0, 0.1) is 6.92 Å². The maximum absolute atomic E-state index is 13.4. The smallest absolute Gasteiger partial charge is 0.407 e. The van der Waals surface area contributed by atoms with Gasteiger partial charge in [-0.1, -0.05) is 0 Å². The Morgan fingerprint density at radius 3 is 2.63 bits per heavy atom. The molecule has 0 spiro atoms. The Morgan fingerprint density at radius 1 is 1.31 bits per heavy atom. The molecule has 1 aliphatic heterocycles. The number of alkyl carbamates (subject to hydrolysis) is 1. The molecule has 0 aromatic carbocycles. The van der Waals surface area contributed by atoms with Crippen LogP contribution in [0.5, 0.6) is 0 Å². The van der Waals surface area contributed by atoms with Gasteiger partial charge in [-0.05, 0) is 19.8 Å². The lowest BCUT2D eigenvalue weighted by Gasteiger charge is -2.18. The van der Waals surface area contributed by atoms with Crippen LogP contribution in [-0.2, 0) is 27.7 Å². The Bertz CT molecular complexity index is 1340. The zero-order valence-electron chi connectivity index (χ0n) is 19.2. The molecule has 1 amide bonds. The lowest BCUT2D eigenvalue weighted by atomic mass is 10.1. The molecule has 1 fully saturated rings. The molecule has 0 saturated carbocycles. The van der Waals surface area contributed by atoms with Crippen LogP contribution < -0.4 is 10.9 Å². The van der Waals surface area contributed by atoms with E-state index in [2.05, 4.69) is 20.0 Å². The summed E-state index contributed by atoms with van der Waals surface area (Å²) in [6.45, 7) is 1.17. The van der Waals surface area contributed by atoms with Crippen molar-refractivity contribution >= 4 is 29.0 Å². The maximum Gasteiger partial charge on any atom is 0.407 e. The Kier molecular flexibility index (Phi) is 6.50. The molecule has 3 aromatic heterocycles. The van der Waals surface area contributed by atoms with Crippen LogP contribution >= 0.6 is 0 Å². The second-order valence-corrected chi connectivity index (χ2v) is 8.26. The van der Waals surface area contributed by atoms with Crippen molar-refractivity contribution in [2.24, 2.45) is 7.05 Å². The lowest BCUT2D eigenvalue weighted by Crippen LogP contribution is -2.41. The van der Waals surface area contributed by atoms with Gasteiger partial charge in [0.25, 0.3) is 5.56 Å². The number of amides is 1. The molecule has 0 bridgehead atoms. The number of hydrogen-bond donors (Lipinski definition) is 5. The number of carboxylic acids is 1. The van der Waals surface area contributed by atoms with E-state index in [4.69, 9.17) is 4.74 Å². The summed E-state index contributed by atoms with van der Waals surface area (Å²) in [7, 11) is 2.75. The zero-order valence-corrected chi connectivity index (χ0v) is 19.2. The molecule has 5 atom stereocenters. The van der Waals surface area contributed by atoms with E-state index in [1.807, 2.05) is 0 Å². The number of aliphatic hydroxyl groups is 3. The van der Waals surface area contributed by atoms with Gasteiger partial charge in [0, 0.05) is 7.05 Å². The molecule has 1 aliphatic rings. The van der Waals surface area contributed by atoms with Gasteiger partial charge in [0.1, 0.15) is 24.4 Å². The number of carbonyl (C=O) groups excluding carboxylic acids is 1. The summed E-state index contributed by atoms with van der Waals surface area (Å²) in [6, 6.07) is -1.24. The van der Waals surface area contributed by atoms with Gasteiger partial charge in [0.2, 0.25) is 5.78 Å². The summed E-state index contributed by atoms with van der Waals surface area (Å²) in [4.78, 5) is 45.1. The van der Waals surface area contributed by atoms with E-state index in [-0.39, 0.29) is 29.8 Å². The van der Waals surface area contributed by atoms with Crippen molar-refractivity contribution in [1.82, 2.24) is 28.8 Å². The van der Waals surface area contributed by atoms with Crippen LogP contribution in [0.3, 0.4) is 0 Å². The summed E-state index contributed by atoms with van der Waals surface area (Å²) in [6.07, 6.45) is -4.33. The summed E-state index contributed by atoms with van der Waals surface area (Å²) >= 11 is 0. The lowest BCUT2D eigenvalue weighted by molar-refractivity contribution is -0.139. The van der Waals surface area contributed by atoms with Gasteiger partial charge in [0.15, 0.2) is 17.4 Å². The number of carbonyl (C=O) groups is 2. The number of aliphatic carboxylic acids is 1. The average Bonchev–Trinajstić information content (AvgIpc) is 3.49. The number of methoxy groups -OCH3 is 1. The van der Waals surface area contributed by atoms with E-state index in [1.54, 1.807) is 18.5 Å². The van der Waals surface area contributed by atoms with Crippen LogP contribution in [0.25, 0.3) is 16.9 Å². The van der Waals surface area contributed by atoms with Crippen molar-refractivity contribution in [2.45, 2.75) is 50.3 Å². The molecule has 35 heavy (non-hydrogen) atoms. The molecular weight excluding hydrogens is 468 g/mol. The fraction of sp³-hybridized carbons (Fsp3) is 0.550. The monoisotopic (exact) mass is 494 g/mol. The topological polar surface area (TPSA) is 203 Å². The first-order chi connectivity index (χ1) is 16.6. The summed E-state index contributed by atoms with van der Waals surface area (Å²) in [5.41, 5.74) is 0.695. The van der Waals surface area contributed by atoms with Crippen LogP contribution in [0.1, 0.15) is 24.0 Å². The molecule has 5 N–H and O–H groups in total. The number of fused-ring (bicyclic) bond motifs is 2. The van der Waals surface area contributed by atoms with Crippen molar-refractivity contribution in [3.63, 3.8) is 0 Å². The normalized spacial score (nSPS) is 23.1. The maximum atomic E-state index is 13.4. The Hall–Kier alpha value is -3.53. The van der Waals surface area contributed by atoms with E-state index in [0.717, 1.165) is 7.11 Å². The highest BCUT2D eigenvalue weighted by Crippen LogP contribution is 2.31. The minimum Gasteiger partial charge on any atom is -0.480 e. The Balaban J connectivity index is 1.76. The number of hydrogen-bond acceptors (Lipinski definition) is 10. The highest BCUT2D eigenvalue weighted by Gasteiger charge is 2.44. The SMILES string of the molecule is COC(=O)NC(CCc1c(C)nc2n(C)c3c(ncn3[C@@H]3O[C@H](CO)[C@@H](O)[C@H]3O)c(=O)n12)C(=O)O. The largest absolute Gasteiger partial charge is 0.480 e. The highest BCUT2D eigenvalue weighted by atomic mass is 16.6. The van der Waals surface area contributed by atoms with Gasteiger partial charge in [-0.25, -0.2) is 24.0 Å². The molecular formula is C20H26N6O9. The first kappa shape index (κ1) is 24.6. The summed E-state index contributed by atoms with van der Waals surface area (Å²) in [5, 5.41) is 41.6. The van der Waals surface area contributed by atoms with Gasteiger partial charge >= 0.3 is 12.1 Å². The van der Waals surface area contributed by atoms with E-state index in [0.29, 0.717) is 11.4 Å². The second-order valence-electron chi connectivity index (χ2n) is 8.26. The summed E-state index contributed by atoms with van der Waals surface area (Å²) in [5.74, 6) is -1.02. The van der Waals surface area contributed by atoms with E-state index >= 15 is 0 Å². The third-order valence-electron chi connectivity index (χ3n) is 6.18. The number of carboxylic acid groups (broad SMARTS) is 1. The first-order valence-electron chi connectivity index (χ1n) is 10.7.